The zero-order chi connectivity index (χ0) is 24.0. The maximum Gasteiger partial charge on any atom is 0.339 e. The smallest absolute Gasteiger partial charge is 0.339 e. The van der Waals surface area contributed by atoms with Crippen molar-refractivity contribution in [1.82, 2.24) is 0 Å². The highest BCUT2D eigenvalue weighted by molar-refractivity contribution is 5.77. The van der Waals surface area contributed by atoms with Gasteiger partial charge in [0, 0.05) is 20.8 Å². The fourth-order valence-corrected chi connectivity index (χ4v) is 3.10. The van der Waals surface area contributed by atoms with Crippen molar-refractivity contribution in [2.45, 2.75) is 58.1 Å². The monoisotopic (exact) mass is 455 g/mol. The molecular weight excluding hydrogens is 430 g/mol. The molecule has 32 heavy (non-hydrogen) atoms. The summed E-state index contributed by atoms with van der Waals surface area (Å²) in [5.74, 6) is -3.28. The van der Waals surface area contributed by atoms with Crippen molar-refractivity contribution in [3.05, 3.63) is 23.8 Å². The summed E-state index contributed by atoms with van der Waals surface area (Å²) in [5, 5.41) is 9.24. The molecule has 1 saturated heterocycles. The van der Waals surface area contributed by atoms with Crippen LogP contribution >= 0.6 is 0 Å². The number of hydrogen-bond acceptors (Lipinski definition) is 12. The number of benzene rings is 1. The van der Waals surface area contributed by atoms with E-state index in [0.717, 1.165) is 27.9 Å². The summed E-state index contributed by atoms with van der Waals surface area (Å²) in [4.78, 5) is 47.6. The van der Waals surface area contributed by atoms with Crippen LogP contribution in [0.2, 0.25) is 0 Å². The zero-order valence-electron chi connectivity index (χ0n) is 17.9. The van der Waals surface area contributed by atoms with Crippen molar-refractivity contribution in [2.75, 3.05) is 12.8 Å². The molecule has 0 unspecified atom stereocenters. The van der Waals surface area contributed by atoms with E-state index in [1.807, 2.05) is 0 Å². The minimum atomic E-state index is -1.58. The number of esters is 4. The summed E-state index contributed by atoms with van der Waals surface area (Å²) >= 11 is 0. The lowest BCUT2D eigenvalue weighted by molar-refractivity contribution is -0.282. The summed E-state index contributed by atoms with van der Waals surface area (Å²) in [5.41, 5.74) is 6.57. The first kappa shape index (κ1) is 24.9. The van der Waals surface area contributed by atoms with Crippen LogP contribution in [0.4, 0.5) is 5.69 Å². The van der Waals surface area contributed by atoms with Gasteiger partial charge in [0.1, 0.15) is 5.75 Å². The summed E-state index contributed by atoms with van der Waals surface area (Å²) in [6, 6.07) is 4.40. The van der Waals surface area contributed by atoms with Gasteiger partial charge in [-0.2, -0.15) is 0 Å². The molecule has 0 spiro atoms. The number of rotatable bonds is 7. The zero-order valence-corrected chi connectivity index (χ0v) is 17.9. The first-order valence-electron chi connectivity index (χ1n) is 9.48. The molecule has 1 aliphatic heterocycles. The first-order chi connectivity index (χ1) is 15.1. The lowest BCUT2D eigenvalue weighted by atomic mass is 9.97. The maximum atomic E-state index is 12.4. The Bertz CT molecular complexity index is 871. The molecule has 3 N–H and O–H groups in total. The van der Waals surface area contributed by atoms with E-state index in [9.17, 15) is 24.3 Å². The second-order valence-electron chi connectivity index (χ2n) is 6.82. The quantitative estimate of drug-likeness (QED) is 0.317. The lowest BCUT2D eigenvalue weighted by Crippen LogP contribution is -2.64. The Balaban J connectivity index is 2.51. The Morgan fingerprint density at radius 2 is 1.53 bits per heavy atom. The average Bonchev–Trinajstić information content (AvgIpc) is 2.71. The molecule has 0 aliphatic carbocycles. The van der Waals surface area contributed by atoms with Crippen molar-refractivity contribution in [3.8, 4) is 5.75 Å². The Morgan fingerprint density at radius 3 is 2.03 bits per heavy atom. The van der Waals surface area contributed by atoms with E-state index >= 15 is 0 Å². The summed E-state index contributed by atoms with van der Waals surface area (Å²) in [6.45, 7) is 2.99. The van der Waals surface area contributed by atoms with Crippen LogP contribution in [0.1, 0.15) is 26.3 Å². The first-order valence-corrected chi connectivity index (χ1v) is 9.48. The van der Waals surface area contributed by atoms with Crippen molar-refractivity contribution in [2.24, 2.45) is 0 Å². The standard InChI is InChI=1S/C20H25NO11/c1-9(23)28-15-16(29-10(2)24)18(30-11(3)25)20(32-17(15)19(26)27-4)31-14-6-5-12(8-22)7-13(14)21/h5-7,15-18,20,22H,8,21H2,1-4H3/t15-,16-,17-,18+,20+/m0/s1. The van der Waals surface area contributed by atoms with Gasteiger partial charge in [0.15, 0.2) is 18.3 Å². The van der Waals surface area contributed by atoms with Crippen LogP contribution < -0.4 is 10.5 Å². The molecule has 0 saturated carbocycles. The molecule has 1 aromatic rings. The highest BCUT2D eigenvalue weighted by atomic mass is 16.7. The van der Waals surface area contributed by atoms with Crippen molar-refractivity contribution in [3.63, 3.8) is 0 Å². The summed E-state index contributed by atoms with van der Waals surface area (Å²) in [6.07, 6.45) is -7.51. The predicted molar refractivity (Wildman–Crippen MR) is 105 cm³/mol. The van der Waals surface area contributed by atoms with Gasteiger partial charge in [-0.3, -0.25) is 14.4 Å². The fraction of sp³-hybridized carbons (Fsp3) is 0.500. The van der Waals surface area contributed by atoms with Gasteiger partial charge in [-0.25, -0.2) is 4.79 Å². The van der Waals surface area contributed by atoms with Crippen LogP contribution in [0.3, 0.4) is 0 Å². The number of hydrogen-bond donors (Lipinski definition) is 2. The van der Waals surface area contributed by atoms with Gasteiger partial charge < -0.3 is 39.3 Å². The van der Waals surface area contributed by atoms with Gasteiger partial charge in [-0.1, -0.05) is 6.07 Å². The number of carbonyl (C=O) groups excluding carboxylic acids is 4. The van der Waals surface area contributed by atoms with E-state index in [1.165, 1.54) is 18.2 Å². The van der Waals surface area contributed by atoms with Crippen LogP contribution in [-0.4, -0.2) is 66.8 Å². The summed E-state index contributed by atoms with van der Waals surface area (Å²) in [7, 11) is 1.08. The highest BCUT2D eigenvalue weighted by Crippen LogP contribution is 2.33. The SMILES string of the molecule is COC(=O)[C@H]1O[C@@H](Oc2ccc(CO)cc2N)[C@H](OC(C)=O)[C@@H](OC(C)=O)[C@@H]1OC(C)=O. The molecule has 0 aromatic heterocycles. The molecule has 176 valence electrons. The van der Waals surface area contributed by atoms with E-state index in [1.54, 1.807) is 0 Å². The van der Waals surface area contributed by atoms with Gasteiger partial charge in [0.25, 0.3) is 0 Å². The van der Waals surface area contributed by atoms with Gasteiger partial charge in [0.05, 0.1) is 19.4 Å². The maximum absolute atomic E-state index is 12.4. The third-order valence-electron chi connectivity index (χ3n) is 4.33. The molecule has 1 heterocycles. The van der Waals surface area contributed by atoms with Crippen molar-refractivity contribution in [1.29, 1.82) is 0 Å². The molecule has 1 aliphatic rings. The van der Waals surface area contributed by atoms with Crippen LogP contribution in [-0.2, 0) is 49.5 Å². The third kappa shape index (κ3) is 6.08. The second-order valence-corrected chi connectivity index (χ2v) is 6.82. The normalized spacial score (nSPS) is 24.7. The van der Waals surface area contributed by atoms with Crippen molar-refractivity contribution < 1.29 is 52.7 Å². The minimum absolute atomic E-state index is 0.0699. The Hall–Kier alpha value is -3.38. The van der Waals surface area contributed by atoms with Gasteiger partial charge in [-0.05, 0) is 17.7 Å². The average molecular weight is 455 g/mol. The second kappa shape index (κ2) is 10.8. The number of methoxy groups -OCH3 is 1. The molecular formula is C20H25NO11. The van der Waals surface area contributed by atoms with Crippen LogP contribution in [0.5, 0.6) is 5.75 Å². The minimum Gasteiger partial charge on any atom is -0.467 e. The van der Waals surface area contributed by atoms with E-state index in [4.69, 9.17) is 34.2 Å². The summed E-state index contributed by atoms with van der Waals surface area (Å²) < 4.78 is 31.8. The van der Waals surface area contributed by atoms with Gasteiger partial charge in [-0.15, -0.1) is 0 Å². The number of carbonyl (C=O) groups is 4. The molecule has 2 rings (SSSR count). The topological polar surface area (TPSA) is 170 Å². The molecule has 1 aromatic carbocycles. The van der Waals surface area contributed by atoms with E-state index in [-0.39, 0.29) is 18.0 Å². The van der Waals surface area contributed by atoms with E-state index in [2.05, 4.69) is 0 Å². The predicted octanol–water partition coefficient (Wildman–Crippen LogP) is -0.167. The molecule has 0 radical (unpaired) electrons. The number of ether oxygens (including phenoxy) is 6. The number of nitrogens with two attached hydrogens (primary N) is 1. The molecule has 0 bridgehead atoms. The van der Waals surface area contributed by atoms with Gasteiger partial charge in [0.2, 0.25) is 12.4 Å². The number of aliphatic hydroxyl groups excluding tert-OH is 1. The molecule has 12 heteroatoms. The van der Waals surface area contributed by atoms with E-state index in [0.29, 0.717) is 5.56 Å². The van der Waals surface area contributed by atoms with Crippen LogP contribution in [0.15, 0.2) is 18.2 Å². The largest absolute Gasteiger partial charge is 0.467 e. The molecule has 0 amide bonds. The lowest BCUT2D eigenvalue weighted by Gasteiger charge is -2.43. The molecule has 1 fully saturated rings. The number of aliphatic hydroxyl groups is 1. The molecule has 12 nitrogen and oxygen atoms in total. The Labute approximate surface area is 183 Å². The van der Waals surface area contributed by atoms with Gasteiger partial charge >= 0.3 is 23.9 Å². The van der Waals surface area contributed by atoms with Crippen LogP contribution in [0, 0.1) is 0 Å². The number of anilines is 1. The van der Waals surface area contributed by atoms with Crippen molar-refractivity contribution >= 4 is 29.6 Å². The number of nitrogen functional groups attached to an aromatic ring is 1. The van der Waals surface area contributed by atoms with E-state index < -0.39 is 54.6 Å². The Kier molecular flexibility index (Phi) is 8.38. The highest BCUT2D eigenvalue weighted by Gasteiger charge is 2.55. The third-order valence-corrected chi connectivity index (χ3v) is 4.33. The Morgan fingerprint density at radius 1 is 0.969 bits per heavy atom. The fourth-order valence-electron chi connectivity index (χ4n) is 3.10. The van der Waals surface area contributed by atoms with Crippen LogP contribution in [0.25, 0.3) is 0 Å². The molecule has 5 atom stereocenters.